The standard InChI is InChI=1S/C15H22N2O3/c1-19-11-15(7-8-16-10-15)14(18)17-9-12-3-5-13(20-2)6-4-12/h3-6,16H,7-11H2,1-2H3,(H,17,18). The average molecular weight is 278 g/mol. The van der Waals surface area contributed by atoms with Gasteiger partial charge in [0.2, 0.25) is 5.91 Å². The van der Waals surface area contributed by atoms with Gasteiger partial charge in [-0.25, -0.2) is 0 Å². The molecule has 2 N–H and O–H groups in total. The lowest BCUT2D eigenvalue weighted by Gasteiger charge is -2.26. The molecule has 1 unspecified atom stereocenters. The molecule has 1 amide bonds. The van der Waals surface area contributed by atoms with Crippen molar-refractivity contribution in [3.8, 4) is 5.75 Å². The molecule has 0 aromatic heterocycles. The Morgan fingerprint density at radius 3 is 2.65 bits per heavy atom. The van der Waals surface area contributed by atoms with Crippen molar-refractivity contribution in [2.24, 2.45) is 5.41 Å². The third kappa shape index (κ3) is 3.29. The quantitative estimate of drug-likeness (QED) is 0.813. The van der Waals surface area contributed by atoms with Gasteiger partial charge in [0.15, 0.2) is 0 Å². The molecule has 1 aliphatic rings. The SMILES string of the molecule is COCC1(C(=O)NCc2ccc(OC)cc2)CCNC1. The predicted octanol–water partition coefficient (Wildman–Crippen LogP) is 0.937. The maximum atomic E-state index is 12.4. The molecule has 0 aliphatic carbocycles. The molecule has 1 aromatic carbocycles. The van der Waals surface area contributed by atoms with Crippen LogP contribution < -0.4 is 15.4 Å². The number of rotatable bonds is 6. The van der Waals surface area contributed by atoms with E-state index in [1.54, 1.807) is 14.2 Å². The van der Waals surface area contributed by atoms with Crippen molar-refractivity contribution in [2.45, 2.75) is 13.0 Å². The second-order valence-electron chi connectivity index (χ2n) is 5.17. The van der Waals surface area contributed by atoms with Gasteiger partial charge in [-0.1, -0.05) is 12.1 Å². The maximum absolute atomic E-state index is 12.4. The molecule has 0 spiro atoms. The lowest BCUT2D eigenvalue weighted by Crippen LogP contribution is -2.45. The van der Waals surface area contributed by atoms with Crippen LogP contribution in [0.2, 0.25) is 0 Å². The molecule has 1 saturated heterocycles. The number of carbonyl (C=O) groups excluding carboxylic acids is 1. The van der Waals surface area contributed by atoms with Crippen LogP contribution in [0.25, 0.3) is 0 Å². The van der Waals surface area contributed by atoms with Crippen LogP contribution in [0.3, 0.4) is 0 Å². The molecular weight excluding hydrogens is 256 g/mol. The smallest absolute Gasteiger partial charge is 0.230 e. The van der Waals surface area contributed by atoms with E-state index in [1.165, 1.54) is 0 Å². The Kier molecular flexibility index (Phi) is 4.98. The van der Waals surface area contributed by atoms with Gasteiger partial charge in [-0.15, -0.1) is 0 Å². The minimum Gasteiger partial charge on any atom is -0.497 e. The zero-order valence-corrected chi connectivity index (χ0v) is 12.1. The number of benzene rings is 1. The van der Waals surface area contributed by atoms with Crippen LogP contribution in [0.5, 0.6) is 5.75 Å². The second-order valence-corrected chi connectivity index (χ2v) is 5.17. The largest absolute Gasteiger partial charge is 0.497 e. The van der Waals surface area contributed by atoms with Crippen LogP contribution in [0.4, 0.5) is 0 Å². The number of amides is 1. The summed E-state index contributed by atoms with van der Waals surface area (Å²) in [4.78, 5) is 12.4. The summed E-state index contributed by atoms with van der Waals surface area (Å²) in [7, 11) is 3.27. The molecule has 1 fully saturated rings. The number of nitrogens with one attached hydrogen (secondary N) is 2. The first-order chi connectivity index (χ1) is 9.70. The molecule has 0 radical (unpaired) electrons. The van der Waals surface area contributed by atoms with Crippen molar-refractivity contribution in [1.29, 1.82) is 0 Å². The van der Waals surface area contributed by atoms with Crippen molar-refractivity contribution < 1.29 is 14.3 Å². The van der Waals surface area contributed by atoms with Crippen LogP contribution in [-0.2, 0) is 16.1 Å². The zero-order chi connectivity index (χ0) is 14.4. The first kappa shape index (κ1) is 14.8. The molecule has 1 aromatic rings. The number of hydrogen-bond donors (Lipinski definition) is 2. The number of carbonyl (C=O) groups is 1. The third-order valence-electron chi connectivity index (χ3n) is 3.76. The van der Waals surface area contributed by atoms with Crippen molar-refractivity contribution in [3.63, 3.8) is 0 Å². The summed E-state index contributed by atoms with van der Waals surface area (Å²) in [5, 5.41) is 6.24. The van der Waals surface area contributed by atoms with E-state index in [0.29, 0.717) is 19.7 Å². The molecule has 20 heavy (non-hydrogen) atoms. The minimum atomic E-state index is -0.429. The monoisotopic (exact) mass is 278 g/mol. The van der Waals surface area contributed by atoms with Crippen molar-refractivity contribution >= 4 is 5.91 Å². The topological polar surface area (TPSA) is 59.6 Å². The van der Waals surface area contributed by atoms with Crippen LogP contribution in [-0.4, -0.2) is 39.8 Å². The van der Waals surface area contributed by atoms with Gasteiger partial charge in [0, 0.05) is 20.2 Å². The van der Waals surface area contributed by atoms with Crippen LogP contribution in [0.1, 0.15) is 12.0 Å². The molecule has 1 aliphatic heterocycles. The second kappa shape index (κ2) is 6.72. The summed E-state index contributed by atoms with van der Waals surface area (Å²) in [5.41, 5.74) is 0.624. The van der Waals surface area contributed by atoms with Gasteiger partial charge in [0.05, 0.1) is 19.1 Å². The van der Waals surface area contributed by atoms with Gasteiger partial charge < -0.3 is 20.1 Å². The van der Waals surface area contributed by atoms with Crippen LogP contribution in [0, 0.1) is 5.41 Å². The zero-order valence-electron chi connectivity index (χ0n) is 12.1. The number of hydrogen-bond acceptors (Lipinski definition) is 4. The normalized spacial score (nSPS) is 21.7. The van der Waals surface area contributed by atoms with Gasteiger partial charge in [-0.3, -0.25) is 4.79 Å². The summed E-state index contributed by atoms with van der Waals surface area (Å²) < 4.78 is 10.3. The van der Waals surface area contributed by atoms with E-state index in [4.69, 9.17) is 9.47 Å². The van der Waals surface area contributed by atoms with Gasteiger partial charge in [0.25, 0.3) is 0 Å². The summed E-state index contributed by atoms with van der Waals surface area (Å²) in [6.07, 6.45) is 0.815. The minimum absolute atomic E-state index is 0.0557. The molecule has 5 nitrogen and oxygen atoms in total. The molecule has 2 rings (SSSR count). The van der Waals surface area contributed by atoms with E-state index in [9.17, 15) is 4.79 Å². The Morgan fingerprint density at radius 1 is 1.35 bits per heavy atom. The summed E-state index contributed by atoms with van der Waals surface area (Å²) in [6.45, 7) is 2.51. The Hall–Kier alpha value is -1.59. The molecule has 0 bridgehead atoms. The highest BCUT2D eigenvalue weighted by molar-refractivity contribution is 5.83. The molecule has 5 heteroatoms. The fourth-order valence-corrected chi connectivity index (χ4v) is 2.52. The lowest BCUT2D eigenvalue weighted by atomic mass is 9.87. The average Bonchev–Trinajstić information content (AvgIpc) is 2.95. The van der Waals surface area contributed by atoms with Gasteiger partial charge >= 0.3 is 0 Å². The lowest BCUT2D eigenvalue weighted by molar-refractivity contribution is -0.133. The molecule has 1 atom stereocenters. The van der Waals surface area contributed by atoms with E-state index in [1.807, 2.05) is 24.3 Å². The third-order valence-corrected chi connectivity index (χ3v) is 3.76. The van der Waals surface area contributed by atoms with Gasteiger partial charge in [-0.2, -0.15) is 0 Å². The van der Waals surface area contributed by atoms with Crippen molar-refractivity contribution in [3.05, 3.63) is 29.8 Å². The van der Waals surface area contributed by atoms with Crippen molar-refractivity contribution in [2.75, 3.05) is 33.9 Å². The van der Waals surface area contributed by atoms with E-state index in [-0.39, 0.29) is 5.91 Å². The Bertz CT molecular complexity index is 439. The van der Waals surface area contributed by atoms with E-state index in [0.717, 1.165) is 24.3 Å². The maximum Gasteiger partial charge on any atom is 0.230 e. The first-order valence-corrected chi connectivity index (χ1v) is 6.81. The number of ether oxygens (including phenoxy) is 2. The summed E-state index contributed by atoms with van der Waals surface area (Å²) in [5.74, 6) is 0.871. The molecule has 1 heterocycles. The predicted molar refractivity (Wildman–Crippen MR) is 76.6 cm³/mol. The molecule has 110 valence electrons. The van der Waals surface area contributed by atoms with E-state index in [2.05, 4.69) is 10.6 Å². The van der Waals surface area contributed by atoms with Crippen LogP contribution >= 0.6 is 0 Å². The summed E-state index contributed by atoms with van der Waals surface area (Å²) >= 11 is 0. The highest BCUT2D eigenvalue weighted by Gasteiger charge is 2.41. The Morgan fingerprint density at radius 2 is 2.10 bits per heavy atom. The highest BCUT2D eigenvalue weighted by Crippen LogP contribution is 2.26. The summed E-state index contributed by atoms with van der Waals surface area (Å²) in [6, 6.07) is 7.69. The highest BCUT2D eigenvalue weighted by atomic mass is 16.5. The van der Waals surface area contributed by atoms with Gasteiger partial charge in [0.1, 0.15) is 5.75 Å². The van der Waals surface area contributed by atoms with Crippen molar-refractivity contribution in [1.82, 2.24) is 10.6 Å². The fourth-order valence-electron chi connectivity index (χ4n) is 2.52. The Labute approximate surface area is 119 Å². The fraction of sp³-hybridized carbons (Fsp3) is 0.533. The van der Waals surface area contributed by atoms with Gasteiger partial charge in [-0.05, 0) is 30.7 Å². The molecular formula is C15H22N2O3. The first-order valence-electron chi connectivity index (χ1n) is 6.81. The molecule has 0 saturated carbocycles. The Balaban J connectivity index is 1.93. The van der Waals surface area contributed by atoms with Crippen LogP contribution in [0.15, 0.2) is 24.3 Å². The number of methoxy groups -OCH3 is 2. The van der Waals surface area contributed by atoms with E-state index < -0.39 is 5.41 Å². The van der Waals surface area contributed by atoms with E-state index >= 15 is 0 Å².